The first-order chi connectivity index (χ1) is 8.80. The van der Waals surface area contributed by atoms with Crippen LogP contribution in [0.2, 0.25) is 0 Å². The minimum atomic E-state index is -3.54. The van der Waals surface area contributed by atoms with Crippen LogP contribution in [0.3, 0.4) is 0 Å². The summed E-state index contributed by atoms with van der Waals surface area (Å²) in [4.78, 5) is 4.08. The molecule has 0 N–H and O–H groups in total. The van der Waals surface area contributed by atoms with Crippen molar-refractivity contribution < 1.29 is 8.42 Å². The average molecular weight is 364 g/mol. The third-order valence-corrected chi connectivity index (χ3v) is 6.02. The van der Waals surface area contributed by atoms with Crippen LogP contribution in [0.4, 0.5) is 0 Å². The Morgan fingerprint density at radius 2 is 2.21 bits per heavy atom. The fourth-order valence-electron chi connectivity index (χ4n) is 1.58. The third-order valence-electron chi connectivity index (χ3n) is 2.79. The number of nitrogens with zero attached hydrogens (tertiary/aromatic N) is 3. The molecule has 0 fully saturated rings. The number of aromatic nitrogens is 2. The lowest BCUT2D eigenvalue weighted by atomic mass is 10.3. The zero-order valence-corrected chi connectivity index (χ0v) is 14.0. The van der Waals surface area contributed by atoms with Gasteiger partial charge in [-0.25, -0.2) is 13.4 Å². The third kappa shape index (κ3) is 3.07. The van der Waals surface area contributed by atoms with Gasteiger partial charge in [-0.2, -0.15) is 4.31 Å². The SMILES string of the molecule is Cc1nc(S(=O)(=O)N(C)Cc2csc(Br)c2)cn1C. The zero-order chi connectivity index (χ0) is 14.2. The van der Waals surface area contributed by atoms with Gasteiger partial charge in [0.15, 0.2) is 5.03 Å². The molecule has 0 saturated heterocycles. The number of imidazole rings is 1. The Balaban J connectivity index is 2.24. The highest BCUT2D eigenvalue weighted by Crippen LogP contribution is 2.23. The van der Waals surface area contributed by atoms with E-state index in [1.807, 2.05) is 11.4 Å². The molecule has 2 aromatic rings. The van der Waals surface area contributed by atoms with Crippen molar-refractivity contribution in [2.75, 3.05) is 7.05 Å². The summed E-state index contributed by atoms with van der Waals surface area (Å²) < 4.78 is 28.7. The normalized spacial score (nSPS) is 12.3. The van der Waals surface area contributed by atoms with E-state index in [2.05, 4.69) is 20.9 Å². The number of halogens is 1. The molecule has 0 unspecified atom stereocenters. The van der Waals surface area contributed by atoms with Crippen molar-refractivity contribution in [2.45, 2.75) is 18.5 Å². The smallest absolute Gasteiger partial charge is 0.262 e. The summed E-state index contributed by atoms with van der Waals surface area (Å²) in [7, 11) is -0.203. The van der Waals surface area contributed by atoms with Crippen molar-refractivity contribution in [1.29, 1.82) is 0 Å². The van der Waals surface area contributed by atoms with Crippen molar-refractivity contribution >= 4 is 37.3 Å². The maximum atomic E-state index is 12.4. The Hall–Kier alpha value is -0.700. The van der Waals surface area contributed by atoms with E-state index in [4.69, 9.17) is 0 Å². The van der Waals surface area contributed by atoms with Crippen LogP contribution in [0.15, 0.2) is 26.5 Å². The summed E-state index contributed by atoms with van der Waals surface area (Å²) in [6.45, 7) is 2.11. The molecule has 2 rings (SSSR count). The van der Waals surface area contributed by atoms with Crippen molar-refractivity contribution in [3.8, 4) is 0 Å². The first-order valence-electron chi connectivity index (χ1n) is 5.50. The largest absolute Gasteiger partial charge is 0.337 e. The Morgan fingerprint density at radius 1 is 1.53 bits per heavy atom. The van der Waals surface area contributed by atoms with Crippen LogP contribution in [-0.4, -0.2) is 29.3 Å². The summed E-state index contributed by atoms with van der Waals surface area (Å²) in [5, 5.41) is 2.02. The fourth-order valence-corrected chi connectivity index (χ4v) is 3.96. The van der Waals surface area contributed by atoms with Crippen LogP contribution < -0.4 is 0 Å². The van der Waals surface area contributed by atoms with Crippen molar-refractivity contribution in [3.05, 3.63) is 32.8 Å². The monoisotopic (exact) mass is 363 g/mol. The van der Waals surface area contributed by atoms with E-state index in [9.17, 15) is 8.42 Å². The molecule has 0 radical (unpaired) electrons. The van der Waals surface area contributed by atoms with Gasteiger partial charge in [0.1, 0.15) is 5.82 Å². The molecule has 0 aliphatic carbocycles. The van der Waals surface area contributed by atoms with Crippen molar-refractivity contribution in [1.82, 2.24) is 13.9 Å². The second-order valence-electron chi connectivity index (χ2n) is 4.26. The standard InChI is InChI=1S/C11H14BrN3O2S2/c1-8-13-11(6-14(8)2)19(16,17)15(3)5-9-4-10(12)18-7-9/h4,6-7H,5H2,1-3H3. The average Bonchev–Trinajstić information content (AvgIpc) is 2.87. The van der Waals surface area contributed by atoms with Crippen LogP contribution in [0.5, 0.6) is 0 Å². The molecule has 0 saturated carbocycles. The van der Waals surface area contributed by atoms with Gasteiger partial charge < -0.3 is 4.57 Å². The Morgan fingerprint density at radius 3 is 2.68 bits per heavy atom. The Bertz CT molecular complexity index is 671. The highest BCUT2D eigenvalue weighted by molar-refractivity contribution is 9.11. The summed E-state index contributed by atoms with van der Waals surface area (Å²) in [5.74, 6) is 0.672. The number of thiophene rings is 1. The minimum Gasteiger partial charge on any atom is -0.337 e. The molecule has 2 heterocycles. The number of sulfonamides is 1. The molecule has 19 heavy (non-hydrogen) atoms. The topological polar surface area (TPSA) is 55.2 Å². The van der Waals surface area contributed by atoms with Gasteiger partial charge in [0, 0.05) is 26.8 Å². The van der Waals surface area contributed by atoms with E-state index in [1.165, 1.54) is 21.8 Å². The van der Waals surface area contributed by atoms with Gasteiger partial charge >= 0.3 is 0 Å². The van der Waals surface area contributed by atoms with E-state index >= 15 is 0 Å². The lowest BCUT2D eigenvalue weighted by Crippen LogP contribution is -2.26. The molecule has 0 spiro atoms. The molecule has 0 aliphatic heterocycles. The van der Waals surface area contributed by atoms with Gasteiger partial charge in [0.25, 0.3) is 10.0 Å². The fraction of sp³-hybridized carbons (Fsp3) is 0.364. The summed E-state index contributed by atoms with van der Waals surface area (Å²) in [6, 6.07) is 1.92. The van der Waals surface area contributed by atoms with E-state index < -0.39 is 10.0 Å². The molecular formula is C11H14BrN3O2S2. The molecular weight excluding hydrogens is 350 g/mol. The molecule has 0 aliphatic rings. The van der Waals surface area contributed by atoms with Gasteiger partial charge in [-0.3, -0.25) is 0 Å². The van der Waals surface area contributed by atoms with Gasteiger partial charge in [-0.1, -0.05) is 0 Å². The highest BCUT2D eigenvalue weighted by atomic mass is 79.9. The first kappa shape index (κ1) is 14.7. The zero-order valence-electron chi connectivity index (χ0n) is 10.8. The van der Waals surface area contributed by atoms with Gasteiger partial charge in [-0.15, -0.1) is 11.3 Å². The lowest BCUT2D eigenvalue weighted by Gasteiger charge is -2.14. The molecule has 104 valence electrons. The van der Waals surface area contributed by atoms with Crippen LogP contribution in [0.1, 0.15) is 11.4 Å². The number of hydrogen-bond donors (Lipinski definition) is 0. The molecule has 0 aromatic carbocycles. The first-order valence-corrected chi connectivity index (χ1v) is 8.61. The predicted molar refractivity (Wildman–Crippen MR) is 78.6 cm³/mol. The predicted octanol–water partition coefficient (Wildman–Crippen LogP) is 2.37. The van der Waals surface area contributed by atoms with Crippen LogP contribution in [0.25, 0.3) is 0 Å². The highest BCUT2D eigenvalue weighted by Gasteiger charge is 2.24. The second kappa shape index (κ2) is 5.35. The number of rotatable bonds is 4. The van der Waals surface area contributed by atoms with E-state index in [1.54, 1.807) is 25.6 Å². The summed E-state index contributed by atoms with van der Waals surface area (Å²) in [6.07, 6.45) is 1.53. The lowest BCUT2D eigenvalue weighted by molar-refractivity contribution is 0.464. The minimum absolute atomic E-state index is 0.0873. The van der Waals surface area contributed by atoms with Crippen LogP contribution in [0, 0.1) is 6.92 Å². The second-order valence-corrected chi connectivity index (χ2v) is 8.54. The van der Waals surface area contributed by atoms with Crippen molar-refractivity contribution in [3.63, 3.8) is 0 Å². The maximum absolute atomic E-state index is 12.4. The molecule has 5 nitrogen and oxygen atoms in total. The molecule has 0 atom stereocenters. The number of aryl methyl sites for hydroxylation is 2. The summed E-state index contributed by atoms with van der Waals surface area (Å²) >= 11 is 4.90. The maximum Gasteiger partial charge on any atom is 0.262 e. The summed E-state index contributed by atoms with van der Waals surface area (Å²) in [5.41, 5.74) is 0.954. The molecule has 0 amide bonds. The quantitative estimate of drug-likeness (QED) is 0.837. The van der Waals surface area contributed by atoms with Crippen LogP contribution in [-0.2, 0) is 23.6 Å². The van der Waals surface area contributed by atoms with E-state index in [0.717, 1.165) is 9.35 Å². The number of hydrogen-bond acceptors (Lipinski definition) is 4. The van der Waals surface area contributed by atoms with E-state index in [0.29, 0.717) is 12.4 Å². The van der Waals surface area contributed by atoms with Crippen molar-refractivity contribution in [2.24, 2.45) is 7.05 Å². The molecule has 0 bridgehead atoms. The Labute approximate surface area is 125 Å². The molecule has 8 heteroatoms. The van der Waals surface area contributed by atoms with Crippen LogP contribution >= 0.6 is 27.3 Å². The van der Waals surface area contributed by atoms with E-state index in [-0.39, 0.29) is 5.03 Å². The van der Waals surface area contributed by atoms with Gasteiger partial charge in [0.05, 0.1) is 3.79 Å². The Kier molecular flexibility index (Phi) is 4.14. The molecule has 2 aromatic heterocycles. The van der Waals surface area contributed by atoms with Gasteiger partial charge in [0.2, 0.25) is 0 Å². The van der Waals surface area contributed by atoms with Gasteiger partial charge in [-0.05, 0) is 39.9 Å².